The van der Waals surface area contributed by atoms with Gasteiger partial charge in [-0.3, -0.25) is 0 Å². The van der Waals surface area contributed by atoms with Crippen molar-refractivity contribution < 1.29 is 14.3 Å². The lowest BCUT2D eigenvalue weighted by Gasteiger charge is -1.94. The highest BCUT2D eigenvalue weighted by Crippen LogP contribution is 2.29. The maximum atomic E-state index is 10.9. The minimum Gasteiger partial charge on any atom is -0.463 e. The number of hydrogen-bond acceptors (Lipinski definition) is 3. The van der Waals surface area contributed by atoms with Gasteiger partial charge in [0, 0.05) is 6.08 Å². The predicted molar refractivity (Wildman–Crippen MR) is 49.3 cm³/mol. The van der Waals surface area contributed by atoms with Gasteiger partial charge in [0.2, 0.25) is 0 Å². The Bertz CT molecular complexity index is 208. The van der Waals surface area contributed by atoms with Gasteiger partial charge in [0.25, 0.3) is 0 Å². The minimum atomic E-state index is -0.291. The van der Waals surface area contributed by atoms with Crippen LogP contribution >= 0.6 is 0 Å². The number of carbonyl (C=O) groups excluding carboxylic acids is 1. The zero-order chi connectivity index (χ0) is 9.84. The lowest BCUT2D eigenvalue weighted by molar-refractivity contribution is -0.137. The molecule has 0 bridgehead atoms. The van der Waals surface area contributed by atoms with E-state index >= 15 is 0 Å². The number of epoxide rings is 1. The Morgan fingerprint density at radius 2 is 2.31 bits per heavy atom. The molecule has 0 spiro atoms. The third-order valence-corrected chi connectivity index (χ3v) is 1.93. The van der Waals surface area contributed by atoms with Crippen LogP contribution in [0.2, 0.25) is 0 Å². The van der Waals surface area contributed by atoms with Gasteiger partial charge in [-0.1, -0.05) is 13.8 Å². The molecular formula is C10H16O3. The van der Waals surface area contributed by atoms with Crippen LogP contribution in [0.1, 0.15) is 20.8 Å². The molecule has 1 aliphatic heterocycles. The van der Waals surface area contributed by atoms with Crippen molar-refractivity contribution in [1.29, 1.82) is 0 Å². The number of ether oxygens (including phenoxy) is 2. The van der Waals surface area contributed by atoms with Gasteiger partial charge in [-0.15, -0.1) is 0 Å². The molecule has 1 aliphatic rings. The summed E-state index contributed by atoms with van der Waals surface area (Å²) < 4.78 is 10.0. The SMILES string of the molecule is CCOC(=O)/C=C/[C@@H]1O[C@H]1C(C)C. The molecule has 3 nitrogen and oxygen atoms in total. The maximum Gasteiger partial charge on any atom is 0.330 e. The summed E-state index contributed by atoms with van der Waals surface area (Å²) in [6.45, 7) is 6.41. The van der Waals surface area contributed by atoms with E-state index in [1.807, 2.05) is 0 Å². The Morgan fingerprint density at radius 1 is 1.62 bits per heavy atom. The molecule has 1 saturated heterocycles. The van der Waals surface area contributed by atoms with E-state index < -0.39 is 0 Å². The van der Waals surface area contributed by atoms with Gasteiger partial charge in [0.05, 0.1) is 12.7 Å². The second kappa shape index (κ2) is 4.42. The molecule has 0 unspecified atom stereocenters. The summed E-state index contributed by atoms with van der Waals surface area (Å²) >= 11 is 0. The van der Waals surface area contributed by atoms with E-state index in [9.17, 15) is 4.79 Å². The highest BCUT2D eigenvalue weighted by atomic mass is 16.6. The van der Waals surface area contributed by atoms with Crippen LogP contribution in [0.25, 0.3) is 0 Å². The summed E-state index contributed by atoms with van der Waals surface area (Å²) in [5.74, 6) is 0.220. The molecule has 0 saturated carbocycles. The van der Waals surface area contributed by atoms with Gasteiger partial charge in [-0.05, 0) is 18.9 Å². The van der Waals surface area contributed by atoms with Crippen LogP contribution in [0.4, 0.5) is 0 Å². The van der Waals surface area contributed by atoms with E-state index in [1.54, 1.807) is 13.0 Å². The predicted octanol–water partition coefficient (Wildman–Crippen LogP) is 1.53. The molecule has 0 radical (unpaired) electrons. The quantitative estimate of drug-likeness (QED) is 0.378. The first-order valence-corrected chi connectivity index (χ1v) is 4.65. The van der Waals surface area contributed by atoms with Crippen molar-refractivity contribution in [2.75, 3.05) is 6.61 Å². The largest absolute Gasteiger partial charge is 0.463 e. The van der Waals surface area contributed by atoms with Crippen LogP contribution in [0.15, 0.2) is 12.2 Å². The summed E-state index contributed by atoms with van der Waals surface area (Å²) in [4.78, 5) is 10.9. The molecule has 0 aliphatic carbocycles. The molecule has 0 amide bonds. The molecule has 0 aromatic carbocycles. The zero-order valence-corrected chi connectivity index (χ0v) is 8.32. The molecule has 1 fully saturated rings. The number of esters is 1. The van der Waals surface area contributed by atoms with Gasteiger partial charge in [-0.25, -0.2) is 4.79 Å². The van der Waals surface area contributed by atoms with E-state index in [1.165, 1.54) is 6.08 Å². The van der Waals surface area contributed by atoms with Crippen molar-refractivity contribution in [2.45, 2.75) is 33.0 Å². The van der Waals surface area contributed by atoms with Crippen molar-refractivity contribution in [3.05, 3.63) is 12.2 Å². The van der Waals surface area contributed by atoms with Crippen LogP contribution < -0.4 is 0 Å². The topological polar surface area (TPSA) is 38.8 Å². The fraction of sp³-hybridized carbons (Fsp3) is 0.700. The third-order valence-electron chi connectivity index (χ3n) is 1.93. The molecular weight excluding hydrogens is 168 g/mol. The van der Waals surface area contributed by atoms with Gasteiger partial charge >= 0.3 is 5.97 Å². The summed E-state index contributed by atoms with van der Waals surface area (Å²) in [7, 11) is 0. The Hall–Kier alpha value is -0.830. The zero-order valence-electron chi connectivity index (χ0n) is 8.32. The summed E-state index contributed by atoms with van der Waals surface area (Å²) in [6.07, 6.45) is 3.61. The molecule has 0 aromatic heterocycles. The molecule has 74 valence electrons. The van der Waals surface area contributed by atoms with Crippen LogP contribution in [0, 0.1) is 5.92 Å². The van der Waals surface area contributed by atoms with Crippen molar-refractivity contribution in [3.8, 4) is 0 Å². The molecule has 0 N–H and O–H groups in total. The number of hydrogen-bond donors (Lipinski definition) is 0. The lowest BCUT2D eigenvalue weighted by Crippen LogP contribution is -2.02. The molecule has 2 atom stereocenters. The van der Waals surface area contributed by atoms with E-state index in [0.29, 0.717) is 12.5 Å². The standard InChI is InChI=1S/C10H16O3/c1-4-12-9(11)6-5-8-10(13-8)7(2)3/h5-8,10H,4H2,1-3H3/b6-5+/t8-,10-/m0/s1. The van der Waals surface area contributed by atoms with E-state index in [4.69, 9.17) is 9.47 Å². The summed E-state index contributed by atoms with van der Waals surface area (Å²) in [5.41, 5.74) is 0. The van der Waals surface area contributed by atoms with Crippen molar-refractivity contribution in [2.24, 2.45) is 5.92 Å². The highest BCUT2D eigenvalue weighted by molar-refractivity contribution is 5.82. The number of rotatable bonds is 4. The van der Waals surface area contributed by atoms with E-state index in [-0.39, 0.29) is 18.2 Å². The fourth-order valence-corrected chi connectivity index (χ4v) is 1.19. The molecule has 1 heterocycles. The Morgan fingerprint density at radius 3 is 2.77 bits per heavy atom. The van der Waals surface area contributed by atoms with Gasteiger partial charge in [0.15, 0.2) is 0 Å². The Labute approximate surface area is 78.7 Å². The molecule has 13 heavy (non-hydrogen) atoms. The smallest absolute Gasteiger partial charge is 0.330 e. The minimum absolute atomic E-state index is 0.115. The lowest BCUT2D eigenvalue weighted by atomic mass is 10.1. The second-order valence-electron chi connectivity index (χ2n) is 3.42. The average molecular weight is 184 g/mol. The summed E-state index contributed by atoms with van der Waals surface area (Å²) in [5, 5.41) is 0. The monoisotopic (exact) mass is 184 g/mol. The van der Waals surface area contributed by atoms with Crippen LogP contribution in [-0.4, -0.2) is 24.8 Å². The highest BCUT2D eigenvalue weighted by Gasteiger charge is 2.38. The van der Waals surface area contributed by atoms with Crippen LogP contribution in [0.3, 0.4) is 0 Å². The normalized spacial score (nSPS) is 26.8. The fourth-order valence-electron chi connectivity index (χ4n) is 1.19. The second-order valence-corrected chi connectivity index (χ2v) is 3.42. The molecule has 1 rings (SSSR count). The van der Waals surface area contributed by atoms with Gasteiger partial charge in [-0.2, -0.15) is 0 Å². The third kappa shape index (κ3) is 3.19. The van der Waals surface area contributed by atoms with Crippen molar-refractivity contribution in [1.82, 2.24) is 0 Å². The summed E-state index contributed by atoms with van der Waals surface area (Å²) in [6, 6.07) is 0. The van der Waals surface area contributed by atoms with Crippen molar-refractivity contribution in [3.63, 3.8) is 0 Å². The average Bonchev–Trinajstić information content (AvgIpc) is 2.80. The van der Waals surface area contributed by atoms with E-state index in [2.05, 4.69) is 13.8 Å². The molecule has 0 aromatic rings. The first kappa shape index (κ1) is 10.3. The Balaban J connectivity index is 2.23. The van der Waals surface area contributed by atoms with Gasteiger partial charge < -0.3 is 9.47 Å². The Kier molecular flexibility index (Phi) is 3.48. The number of carbonyl (C=O) groups is 1. The van der Waals surface area contributed by atoms with Gasteiger partial charge in [0.1, 0.15) is 6.10 Å². The maximum absolute atomic E-state index is 10.9. The molecule has 3 heteroatoms. The van der Waals surface area contributed by atoms with Crippen molar-refractivity contribution >= 4 is 5.97 Å². The first-order chi connectivity index (χ1) is 6.15. The van der Waals surface area contributed by atoms with Crippen LogP contribution in [-0.2, 0) is 14.3 Å². The van der Waals surface area contributed by atoms with Crippen LogP contribution in [0.5, 0.6) is 0 Å². The first-order valence-electron chi connectivity index (χ1n) is 4.65. The van der Waals surface area contributed by atoms with E-state index in [0.717, 1.165) is 0 Å².